The van der Waals surface area contributed by atoms with Crippen molar-refractivity contribution in [2.24, 2.45) is 14.1 Å². The van der Waals surface area contributed by atoms with Gasteiger partial charge in [0.1, 0.15) is 11.6 Å². The third kappa shape index (κ3) is 3.81. The van der Waals surface area contributed by atoms with E-state index < -0.39 is 11.7 Å². The zero-order valence-corrected chi connectivity index (χ0v) is 21.5. The molecule has 5 aromatic rings. The zero-order valence-electron chi connectivity index (χ0n) is 21.5. The normalized spacial score (nSPS) is 14.4. The number of amides is 1. The molecule has 2 aromatic heterocycles. The molecule has 0 radical (unpaired) electrons. The van der Waals surface area contributed by atoms with Gasteiger partial charge >= 0.3 is 5.69 Å². The van der Waals surface area contributed by atoms with Crippen LogP contribution in [0.1, 0.15) is 34.9 Å². The number of imidazole rings is 2. The van der Waals surface area contributed by atoms with Gasteiger partial charge in [-0.25, -0.2) is 14.2 Å². The van der Waals surface area contributed by atoms with Crippen LogP contribution in [-0.4, -0.2) is 44.9 Å². The van der Waals surface area contributed by atoms with Gasteiger partial charge in [0.05, 0.1) is 27.6 Å². The second-order valence-corrected chi connectivity index (χ2v) is 9.74. The Hall–Kier alpha value is -4.24. The standard InChI is InChI=1S/C29H28FN5O3/c1-31-28(36)21-7-4-18(14-22(21)30)19-5-8-24-23(15-19)32-27(17-10-12-38-13-11-17)35(24)20-6-9-25-26(16-20)34(3)29(37)33(25)2/h4-9,14-17H,10-13H2,1-3H3,(H,31,36). The fourth-order valence-corrected chi connectivity index (χ4v) is 5.43. The fraction of sp³-hybridized carbons (Fsp3) is 0.276. The van der Waals surface area contributed by atoms with Crippen LogP contribution in [0.25, 0.3) is 38.9 Å². The Labute approximate surface area is 218 Å². The van der Waals surface area contributed by atoms with Crippen LogP contribution < -0.4 is 11.0 Å². The van der Waals surface area contributed by atoms with Crippen LogP contribution in [0.4, 0.5) is 4.39 Å². The van der Waals surface area contributed by atoms with Gasteiger partial charge in [-0.3, -0.25) is 18.5 Å². The molecule has 8 nitrogen and oxygen atoms in total. The molecule has 3 heterocycles. The molecule has 9 heteroatoms. The average molecular weight is 514 g/mol. The molecule has 1 aliphatic heterocycles. The summed E-state index contributed by atoms with van der Waals surface area (Å²) in [5, 5.41) is 2.46. The lowest BCUT2D eigenvalue weighted by Gasteiger charge is -2.22. The average Bonchev–Trinajstić information content (AvgIpc) is 3.43. The molecule has 0 bridgehead atoms. The maximum Gasteiger partial charge on any atom is 0.328 e. The van der Waals surface area contributed by atoms with Gasteiger partial charge in [-0.15, -0.1) is 0 Å². The van der Waals surface area contributed by atoms with E-state index in [0.717, 1.165) is 52.0 Å². The van der Waals surface area contributed by atoms with Gasteiger partial charge < -0.3 is 10.1 Å². The van der Waals surface area contributed by atoms with Gasteiger partial charge in [0, 0.05) is 46.0 Å². The predicted octanol–water partition coefficient (Wildman–Crippen LogP) is 4.28. The van der Waals surface area contributed by atoms with Crippen LogP contribution in [0, 0.1) is 5.82 Å². The summed E-state index contributed by atoms with van der Waals surface area (Å²) in [6, 6.07) is 16.5. The van der Waals surface area contributed by atoms with Gasteiger partial charge in [0.2, 0.25) is 0 Å². The number of nitrogens with zero attached hydrogens (tertiary/aromatic N) is 4. The molecule has 0 spiro atoms. The summed E-state index contributed by atoms with van der Waals surface area (Å²) in [6.45, 7) is 1.37. The van der Waals surface area contributed by atoms with E-state index in [4.69, 9.17) is 9.72 Å². The molecule has 0 saturated carbocycles. The molecule has 1 amide bonds. The minimum absolute atomic E-state index is 0.00844. The Morgan fingerprint density at radius 1 is 0.947 bits per heavy atom. The molecule has 1 saturated heterocycles. The van der Waals surface area contributed by atoms with Gasteiger partial charge in [0.25, 0.3) is 5.91 Å². The number of benzene rings is 3. The second kappa shape index (κ2) is 9.25. The van der Waals surface area contributed by atoms with Crippen molar-refractivity contribution < 1.29 is 13.9 Å². The van der Waals surface area contributed by atoms with E-state index in [2.05, 4.69) is 9.88 Å². The number of nitrogens with one attached hydrogen (secondary N) is 1. The topological polar surface area (TPSA) is 83.1 Å². The number of aromatic nitrogens is 4. The van der Waals surface area contributed by atoms with E-state index in [0.29, 0.717) is 18.8 Å². The molecule has 1 N–H and O–H groups in total. The van der Waals surface area contributed by atoms with Crippen molar-refractivity contribution >= 4 is 28.0 Å². The molecular formula is C29H28FN5O3. The van der Waals surface area contributed by atoms with Crippen molar-refractivity contribution in [2.45, 2.75) is 18.8 Å². The monoisotopic (exact) mass is 513 g/mol. The Bertz CT molecular complexity index is 1770. The van der Waals surface area contributed by atoms with Crippen molar-refractivity contribution in [3.05, 3.63) is 82.3 Å². The highest BCUT2D eigenvalue weighted by Gasteiger charge is 2.24. The number of hydrogen-bond donors (Lipinski definition) is 1. The zero-order chi connectivity index (χ0) is 26.6. The van der Waals surface area contributed by atoms with Crippen molar-refractivity contribution in [3.8, 4) is 16.8 Å². The third-order valence-corrected chi connectivity index (χ3v) is 7.55. The van der Waals surface area contributed by atoms with Crippen molar-refractivity contribution in [1.29, 1.82) is 0 Å². The first-order valence-electron chi connectivity index (χ1n) is 12.7. The SMILES string of the molecule is CNC(=O)c1ccc(-c2ccc3c(c2)nc(C2CCOCC2)n3-c2ccc3c(c2)n(C)c(=O)n3C)cc1F. The fourth-order valence-electron chi connectivity index (χ4n) is 5.43. The lowest BCUT2D eigenvalue weighted by atomic mass is 9.99. The number of fused-ring (bicyclic) bond motifs is 2. The van der Waals surface area contributed by atoms with E-state index in [-0.39, 0.29) is 17.2 Å². The van der Waals surface area contributed by atoms with Crippen LogP contribution in [-0.2, 0) is 18.8 Å². The van der Waals surface area contributed by atoms with Gasteiger partial charge in [-0.1, -0.05) is 12.1 Å². The van der Waals surface area contributed by atoms with Gasteiger partial charge in [-0.2, -0.15) is 0 Å². The minimum Gasteiger partial charge on any atom is -0.381 e. The van der Waals surface area contributed by atoms with Crippen molar-refractivity contribution in [1.82, 2.24) is 24.0 Å². The van der Waals surface area contributed by atoms with Crippen molar-refractivity contribution in [2.75, 3.05) is 20.3 Å². The van der Waals surface area contributed by atoms with Gasteiger partial charge in [-0.05, 0) is 66.4 Å². The van der Waals surface area contributed by atoms with Crippen LogP contribution in [0.2, 0.25) is 0 Å². The first-order chi connectivity index (χ1) is 18.4. The maximum atomic E-state index is 14.7. The highest BCUT2D eigenvalue weighted by atomic mass is 19.1. The molecular weight excluding hydrogens is 485 g/mol. The summed E-state index contributed by atoms with van der Waals surface area (Å²) in [6.07, 6.45) is 1.74. The maximum absolute atomic E-state index is 14.7. The van der Waals surface area contributed by atoms with Crippen LogP contribution in [0.3, 0.4) is 0 Å². The largest absolute Gasteiger partial charge is 0.381 e. The summed E-state index contributed by atoms with van der Waals surface area (Å²) in [4.78, 5) is 29.5. The summed E-state index contributed by atoms with van der Waals surface area (Å²) in [5.74, 6) is 0.135. The Balaban J connectivity index is 1.51. The summed E-state index contributed by atoms with van der Waals surface area (Å²) < 4.78 is 25.8. The molecule has 0 aliphatic carbocycles. The first kappa shape index (κ1) is 24.1. The number of ether oxygens (including phenoxy) is 1. The minimum atomic E-state index is -0.572. The Kier molecular flexibility index (Phi) is 5.87. The van der Waals surface area contributed by atoms with E-state index in [1.807, 2.05) is 36.4 Å². The van der Waals surface area contributed by atoms with Crippen LogP contribution in [0.5, 0.6) is 0 Å². The lowest BCUT2D eigenvalue weighted by molar-refractivity contribution is 0.0834. The number of rotatable bonds is 4. The number of hydrogen-bond acceptors (Lipinski definition) is 4. The quantitative estimate of drug-likeness (QED) is 0.389. The molecule has 1 fully saturated rings. The molecule has 194 valence electrons. The van der Waals surface area contributed by atoms with E-state index in [1.165, 1.54) is 19.2 Å². The summed E-state index contributed by atoms with van der Waals surface area (Å²) in [7, 11) is 5.03. The summed E-state index contributed by atoms with van der Waals surface area (Å²) in [5.41, 5.74) is 5.77. The van der Waals surface area contributed by atoms with Crippen LogP contribution >= 0.6 is 0 Å². The van der Waals surface area contributed by atoms with E-state index in [9.17, 15) is 14.0 Å². The molecule has 38 heavy (non-hydrogen) atoms. The predicted molar refractivity (Wildman–Crippen MR) is 144 cm³/mol. The number of carbonyl (C=O) groups is 1. The van der Waals surface area contributed by atoms with E-state index >= 15 is 0 Å². The first-order valence-corrected chi connectivity index (χ1v) is 12.7. The molecule has 3 aromatic carbocycles. The van der Waals surface area contributed by atoms with Crippen molar-refractivity contribution in [3.63, 3.8) is 0 Å². The molecule has 0 unspecified atom stereocenters. The highest BCUT2D eigenvalue weighted by Crippen LogP contribution is 2.34. The Morgan fingerprint density at radius 2 is 1.63 bits per heavy atom. The number of carbonyl (C=O) groups excluding carboxylic acids is 1. The molecule has 1 aliphatic rings. The smallest absolute Gasteiger partial charge is 0.328 e. The molecule has 6 rings (SSSR count). The van der Waals surface area contributed by atoms with Gasteiger partial charge in [0.15, 0.2) is 0 Å². The van der Waals surface area contributed by atoms with Crippen LogP contribution in [0.15, 0.2) is 59.4 Å². The highest BCUT2D eigenvalue weighted by molar-refractivity contribution is 5.95. The number of aryl methyl sites for hydroxylation is 2. The molecule has 0 atom stereocenters. The van der Waals surface area contributed by atoms with E-state index in [1.54, 1.807) is 29.3 Å². The second-order valence-electron chi connectivity index (χ2n) is 9.74. The third-order valence-electron chi connectivity index (χ3n) is 7.55. The lowest BCUT2D eigenvalue weighted by Crippen LogP contribution is -2.19. The summed E-state index contributed by atoms with van der Waals surface area (Å²) >= 11 is 0. The number of halogens is 1. The Morgan fingerprint density at radius 3 is 2.37 bits per heavy atom.